The molecule has 2 unspecified atom stereocenters. The first-order valence-electron chi connectivity index (χ1n) is 7.09. The zero-order chi connectivity index (χ0) is 14.4. The number of aromatic nitrogens is 2. The molecule has 1 aliphatic carbocycles. The highest BCUT2D eigenvalue weighted by molar-refractivity contribution is 5.80. The third-order valence-electron chi connectivity index (χ3n) is 3.76. The van der Waals surface area contributed by atoms with Crippen LogP contribution in [0, 0.1) is 5.92 Å². The molecule has 6 heteroatoms. The normalized spacial score (nSPS) is 22.3. The number of likely N-dealkylation sites (N-methyl/N-ethyl adjacent to an activating group) is 1. The van der Waals surface area contributed by atoms with Gasteiger partial charge in [-0.15, -0.1) is 0 Å². The van der Waals surface area contributed by atoms with E-state index in [-0.39, 0.29) is 31.0 Å². The lowest BCUT2D eigenvalue weighted by Crippen LogP contribution is -2.46. The molecule has 1 aromatic rings. The molecule has 0 radical (unpaired) electrons. The highest BCUT2D eigenvalue weighted by Gasteiger charge is 2.26. The lowest BCUT2D eigenvalue weighted by atomic mass is 9.85. The van der Waals surface area contributed by atoms with Crippen molar-refractivity contribution in [3.8, 4) is 0 Å². The number of amides is 1. The smallest absolute Gasteiger partial charge is 0.239 e. The fourth-order valence-electron chi connectivity index (χ4n) is 2.64. The predicted octanol–water partition coefficient (Wildman–Crippen LogP) is 0.580. The number of hydrogen-bond acceptors (Lipinski definition) is 5. The molecular formula is C14H22N4O2. The quantitative estimate of drug-likeness (QED) is 0.824. The Morgan fingerprint density at radius 3 is 2.80 bits per heavy atom. The molecule has 0 saturated heterocycles. The van der Waals surface area contributed by atoms with E-state index in [1.54, 1.807) is 30.4 Å². The molecule has 0 aromatic carbocycles. The van der Waals surface area contributed by atoms with Crippen LogP contribution in [0.25, 0.3) is 0 Å². The summed E-state index contributed by atoms with van der Waals surface area (Å²) in [5, 5.41) is 12.4. The van der Waals surface area contributed by atoms with Crippen molar-refractivity contribution in [2.45, 2.75) is 31.7 Å². The van der Waals surface area contributed by atoms with Crippen LogP contribution in [-0.4, -0.2) is 47.2 Å². The summed E-state index contributed by atoms with van der Waals surface area (Å²) in [7, 11) is 1.79. The summed E-state index contributed by atoms with van der Waals surface area (Å²) in [4.78, 5) is 22.0. The first-order valence-corrected chi connectivity index (χ1v) is 7.09. The monoisotopic (exact) mass is 278 g/mol. The first-order chi connectivity index (χ1) is 9.70. The van der Waals surface area contributed by atoms with Crippen LogP contribution in [0.3, 0.4) is 0 Å². The molecule has 0 spiro atoms. The molecule has 2 N–H and O–H groups in total. The third-order valence-corrected chi connectivity index (χ3v) is 3.76. The molecule has 1 fully saturated rings. The van der Waals surface area contributed by atoms with Crippen molar-refractivity contribution in [2.75, 3.05) is 25.1 Å². The molecule has 0 aliphatic heterocycles. The van der Waals surface area contributed by atoms with Crippen LogP contribution in [0.2, 0.25) is 0 Å². The molecule has 1 saturated carbocycles. The summed E-state index contributed by atoms with van der Waals surface area (Å²) in [6.45, 7) is 0.362. The van der Waals surface area contributed by atoms with Crippen LogP contribution in [0.5, 0.6) is 0 Å². The minimum Gasteiger partial charge on any atom is -0.396 e. The topological polar surface area (TPSA) is 78.4 Å². The molecule has 20 heavy (non-hydrogen) atoms. The Balaban J connectivity index is 1.85. The lowest BCUT2D eigenvalue weighted by Gasteiger charge is -2.31. The molecular weight excluding hydrogens is 256 g/mol. The summed E-state index contributed by atoms with van der Waals surface area (Å²) in [5.41, 5.74) is 0. The zero-order valence-electron chi connectivity index (χ0n) is 11.8. The average molecular weight is 278 g/mol. The Kier molecular flexibility index (Phi) is 5.29. The SMILES string of the molecule is CN(CC(=O)NC1CCCCC1CO)c1ncccn1. The second-order valence-electron chi connectivity index (χ2n) is 5.31. The molecule has 1 aliphatic rings. The molecule has 2 rings (SSSR count). The zero-order valence-corrected chi connectivity index (χ0v) is 11.8. The maximum Gasteiger partial charge on any atom is 0.239 e. The largest absolute Gasteiger partial charge is 0.396 e. The number of carbonyl (C=O) groups excluding carboxylic acids is 1. The first kappa shape index (κ1) is 14.7. The highest BCUT2D eigenvalue weighted by Crippen LogP contribution is 2.23. The Morgan fingerprint density at radius 2 is 2.10 bits per heavy atom. The summed E-state index contributed by atoms with van der Waals surface area (Å²) in [6.07, 6.45) is 7.48. The fraction of sp³-hybridized carbons (Fsp3) is 0.643. The molecule has 6 nitrogen and oxygen atoms in total. The number of rotatable bonds is 5. The Morgan fingerprint density at radius 1 is 1.40 bits per heavy atom. The maximum atomic E-state index is 12.1. The van der Waals surface area contributed by atoms with Crippen molar-refractivity contribution in [3.63, 3.8) is 0 Å². The van der Waals surface area contributed by atoms with Gasteiger partial charge in [0.2, 0.25) is 11.9 Å². The summed E-state index contributed by atoms with van der Waals surface area (Å²) < 4.78 is 0. The van der Waals surface area contributed by atoms with Gasteiger partial charge in [-0.1, -0.05) is 12.8 Å². The minimum atomic E-state index is -0.0506. The van der Waals surface area contributed by atoms with Crippen molar-refractivity contribution in [3.05, 3.63) is 18.5 Å². The minimum absolute atomic E-state index is 0.0506. The van der Waals surface area contributed by atoms with Gasteiger partial charge in [0.15, 0.2) is 0 Å². The van der Waals surface area contributed by atoms with Gasteiger partial charge in [-0.3, -0.25) is 4.79 Å². The van der Waals surface area contributed by atoms with Crippen LogP contribution in [-0.2, 0) is 4.79 Å². The van der Waals surface area contributed by atoms with E-state index in [1.165, 1.54) is 0 Å². The van der Waals surface area contributed by atoms with Gasteiger partial charge in [-0.25, -0.2) is 9.97 Å². The predicted molar refractivity (Wildman–Crippen MR) is 76.3 cm³/mol. The molecule has 2 atom stereocenters. The van der Waals surface area contributed by atoms with Gasteiger partial charge in [-0.2, -0.15) is 0 Å². The molecule has 1 aromatic heterocycles. The molecule has 110 valence electrons. The van der Waals surface area contributed by atoms with E-state index in [0.717, 1.165) is 25.7 Å². The van der Waals surface area contributed by atoms with Gasteiger partial charge in [0.25, 0.3) is 0 Å². The maximum absolute atomic E-state index is 12.1. The van der Waals surface area contributed by atoms with Gasteiger partial charge in [-0.05, 0) is 18.9 Å². The molecule has 1 amide bonds. The van der Waals surface area contributed by atoms with E-state index in [2.05, 4.69) is 15.3 Å². The van der Waals surface area contributed by atoms with Gasteiger partial charge in [0, 0.05) is 38.0 Å². The van der Waals surface area contributed by atoms with Gasteiger partial charge >= 0.3 is 0 Å². The van der Waals surface area contributed by atoms with Crippen LogP contribution >= 0.6 is 0 Å². The van der Waals surface area contributed by atoms with E-state index in [1.807, 2.05) is 0 Å². The number of aliphatic hydroxyl groups is 1. The van der Waals surface area contributed by atoms with Gasteiger partial charge in [0.1, 0.15) is 0 Å². The van der Waals surface area contributed by atoms with Crippen molar-refractivity contribution >= 4 is 11.9 Å². The Hall–Kier alpha value is -1.69. The van der Waals surface area contributed by atoms with E-state index in [0.29, 0.717) is 5.95 Å². The van der Waals surface area contributed by atoms with Crippen molar-refractivity contribution in [1.82, 2.24) is 15.3 Å². The van der Waals surface area contributed by atoms with Crippen molar-refractivity contribution in [2.24, 2.45) is 5.92 Å². The molecule has 1 heterocycles. The second kappa shape index (κ2) is 7.19. The van der Waals surface area contributed by atoms with Crippen LogP contribution in [0.4, 0.5) is 5.95 Å². The second-order valence-corrected chi connectivity index (χ2v) is 5.31. The van der Waals surface area contributed by atoms with Crippen LogP contribution in [0.15, 0.2) is 18.5 Å². The van der Waals surface area contributed by atoms with Crippen molar-refractivity contribution < 1.29 is 9.90 Å². The van der Waals surface area contributed by atoms with E-state index < -0.39 is 0 Å². The summed E-state index contributed by atoms with van der Waals surface area (Å²) >= 11 is 0. The number of nitrogens with one attached hydrogen (secondary N) is 1. The Labute approximate surface area is 119 Å². The summed E-state index contributed by atoms with van der Waals surface area (Å²) in [5.74, 6) is 0.668. The Bertz CT molecular complexity index is 426. The van der Waals surface area contributed by atoms with Crippen molar-refractivity contribution in [1.29, 1.82) is 0 Å². The van der Waals surface area contributed by atoms with Crippen LogP contribution in [0.1, 0.15) is 25.7 Å². The fourth-order valence-corrected chi connectivity index (χ4v) is 2.64. The van der Waals surface area contributed by atoms with E-state index in [4.69, 9.17) is 0 Å². The number of hydrogen-bond donors (Lipinski definition) is 2. The third kappa shape index (κ3) is 3.90. The number of aliphatic hydroxyl groups excluding tert-OH is 1. The highest BCUT2D eigenvalue weighted by atomic mass is 16.3. The van der Waals surface area contributed by atoms with Gasteiger partial charge in [0.05, 0.1) is 6.54 Å². The molecule has 0 bridgehead atoms. The number of carbonyl (C=O) groups is 1. The average Bonchev–Trinajstić information content (AvgIpc) is 2.48. The van der Waals surface area contributed by atoms with E-state index >= 15 is 0 Å². The standard InChI is InChI=1S/C14H22N4O2/c1-18(14-15-7-4-8-16-14)9-13(20)17-12-6-3-2-5-11(12)10-19/h4,7-8,11-12,19H,2-3,5-6,9-10H2,1H3,(H,17,20). The van der Waals surface area contributed by atoms with Gasteiger partial charge < -0.3 is 15.3 Å². The number of nitrogens with zero attached hydrogens (tertiary/aromatic N) is 3. The number of anilines is 1. The lowest BCUT2D eigenvalue weighted by molar-refractivity contribution is -0.121. The summed E-state index contributed by atoms with van der Waals surface area (Å²) in [6, 6.07) is 1.83. The van der Waals surface area contributed by atoms with Crippen LogP contribution < -0.4 is 10.2 Å². The van der Waals surface area contributed by atoms with E-state index in [9.17, 15) is 9.90 Å².